The van der Waals surface area contributed by atoms with Crippen LogP contribution in [0.15, 0.2) is 0 Å². The van der Waals surface area contributed by atoms with Gasteiger partial charge in [-0.15, -0.1) is 10.2 Å². The Labute approximate surface area is 89.7 Å². The molecule has 0 spiro atoms. The maximum Gasteiger partial charge on any atom is 0.203 e. The fourth-order valence-electron chi connectivity index (χ4n) is 1.76. The van der Waals surface area contributed by atoms with Crippen LogP contribution in [0.3, 0.4) is 0 Å². The SMILES string of the molecule is C[C@H](Cc1nnc(N)s1)CC(C)(C)C. The van der Waals surface area contributed by atoms with Gasteiger partial charge in [0.2, 0.25) is 5.13 Å². The lowest BCUT2D eigenvalue weighted by Crippen LogP contribution is -2.12. The summed E-state index contributed by atoms with van der Waals surface area (Å²) in [5.41, 5.74) is 5.91. The Bertz CT molecular complexity index is 288. The average molecular weight is 213 g/mol. The summed E-state index contributed by atoms with van der Waals surface area (Å²) in [6.45, 7) is 9.04. The van der Waals surface area contributed by atoms with Crippen LogP contribution in [0.2, 0.25) is 0 Å². The third-order valence-corrected chi connectivity index (χ3v) is 2.74. The normalized spacial score (nSPS) is 14.3. The molecule has 0 radical (unpaired) electrons. The molecule has 2 N–H and O–H groups in total. The van der Waals surface area contributed by atoms with Crippen LogP contribution in [0.4, 0.5) is 5.13 Å². The van der Waals surface area contributed by atoms with Gasteiger partial charge in [0.25, 0.3) is 0 Å². The van der Waals surface area contributed by atoms with Gasteiger partial charge in [0, 0.05) is 6.42 Å². The highest BCUT2D eigenvalue weighted by atomic mass is 32.1. The summed E-state index contributed by atoms with van der Waals surface area (Å²) in [7, 11) is 0. The van der Waals surface area contributed by atoms with Gasteiger partial charge >= 0.3 is 0 Å². The highest BCUT2D eigenvalue weighted by Crippen LogP contribution is 2.27. The minimum absolute atomic E-state index is 0.385. The van der Waals surface area contributed by atoms with Crippen LogP contribution in [0.1, 0.15) is 39.1 Å². The average Bonchev–Trinajstić information content (AvgIpc) is 2.30. The lowest BCUT2D eigenvalue weighted by atomic mass is 9.84. The Balaban J connectivity index is 2.45. The molecule has 0 saturated heterocycles. The highest BCUT2D eigenvalue weighted by Gasteiger charge is 2.16. The van der Waals surface area contributed by atoms with Crippen molar-refractivity contribution in [3.05, 3.63) is 5.01 Å². The first kappa shape index (κ1) is 11.4. The second-order valence-electron chi connectivity index (χ2n) is 5.11. The Morgan fingerprint density at radius 3 is 2.43 bits per heavy atom. The van der Waals surface area contributed by atoms with Gasteiger partial charge in [0.1, 0.15) is 5.01 Å². The molecule has 1 atom stereocenters. The largest absolute Gasteiger partial charge is 0.374 e. The van der Waals surface area contributed by atoms with Crippen molar-refractivity contribution in [1.29, 1.82) is 0 Å². The van der Waals surface area contributed by atoms with E-state index in [0.29, 0.717) is 16.5 Å². The van der Waals surface area contributed by atoms with Crippen molar-refractivity contribution < 1.29 is 0 Å². The van der Waals surface area contributed by atoms with Gasteiger partial charge in [-0.2, -0.15) is 0 Å². The summed E-state index contributed by atoms with van der Waals surface area (Å²) in [5.74, 6) is 0.641. The Morgan fingerprint density at radius 2 is 2.00 bits per heavy atom. The van der Waals surface area contributed by atoms with Crippen molar-refractivity contribution in [2.24, 2.45) is 11.3 Å². The monoisotopic (exact) mass is 213 g/mol. The molecule has 4 heteroatoms. The van der Waals surface area contributed by atoms with E-state index in [0.717, 1.165) is 11.4 Å². The number of nitrogen functional groups attached to an aromatic ring is 1. The molecule has 1 aromatic heterocycles. The van der Waals surface area contributed by atoms with Crippen LogP contribution in [-0.4, -0.2) is 10.2 Å². The summed E-state index contributed by atoms with van der Waals surface area (Å²) in [4.78, 5) is 0. The second kappa shape index (κ2) is 4.26. The smallest absolute Gasteiger partial charge is 0.203 e. The molecule has 0 fully saturated rings. The lowest BCUT2D eigenvalue weighted by Gasteiger charge is -2.22. The molecule has 0 bridgehead atoms. The van der Waals surface area contributed by atoms with Crippen LogP contribution in [0.5, 0.6) is 0 Å². The summed E-state index contributed by atoms with van der Waals surface area (Å²) in [6, 6.07) is 0. The van der Waals surface area contributed by atoms with E-state index < -0.39 is 0 Å². The number of anilines is 1. The third-order valence-electron chi connectivity index (χ3n) is 1.97. The quantitative estimate of drug-likeness (QED) is 0.840. The molecule has 0 aromatic carbocycles. The molecule has 3 nitrogen and oxygen atoms in total. The Hall–Kier alpha value is -0.640. The van der Waals surface area contributed by atoms with E-state index in [1.807, 2.05) is 0 Å². The molecular formula is C10H19N3S. The van der Waals surface area contributed by atoms with Crippen LogP contribution in [0.25, 0.3) is 0 Å². The predicted molar refractivity (Wildman–Crippen MR) is 61.3 cm³/mol. The highest BCUT2D eigenvalue weighted by molar-refractivity contribution is 7.15. The molecule has 0 saturated carbocycles. The number of nitrogens with zero attached hydrogens (tertiary/aromatic N) is 2. The maximum absolute atomic E-state index is 5.53. The number of hydrogen-bond donors (Lipinski definition) is 1. The van der Waals surface area contributed by atoms with Crippen molar-refractivity contribution >= 4 is 16.5 Å². The third kappa shape index (κ3) is 4.05. The van der Waals surface area contributed by atoms with Crippen molar-refractivity contribution in [3.8, 4) is 0 Å². The van der Waals surface area contributed by atoms with Gasteiger partial charge in [-0.25, -0.2) is 0 Å². The number of nitrogens with two attached hydrogens (primary N) is 1. The van der Waals surface area contributed by atoms with E-state index in [4.69, 9.17) is 5.73 Å². The van der Waals surface area contributed by atoms with E-state index >= 15 is 0 Å². The summed E-state index contributed by atoms with van der Waals surface area (Å²) < 4.78 is 0. The summed E-state index contributed by atoms with van der Waals surface area (Å²) in [6.07, 6.45) is 2.19. The van der Waals surface area contributed by atoms with Gasteiger partial charge < -0.3 is 5.73 Å². The molecule has 1 rings (SSSR count). The Kier molecular flexibility index (Phi) is 3.48. The lowest BCUT2D eigenvalue weighted by molar-refractivity contribution is 0.305. The molecule has 0 aliphatic heterocycles. The summed E-state index contributed by atoms with van der Waals surface area (Å²) >= 11 is 1.50. The zero-order valence-electron chi connectivity index (χ0n) is 9.37. The van der Waals surface area contributed by atoms with Crippen LogP contribution >= 0.6 is 11.3 Å². The van der Waals surface area contributed by atoms with Crippen LogP contribution < -0.4 is 5.73 Å². The molecule has 1 heterocycles. The number of aromatic nitrogens is 2. The van der Waals surface area contributed by atoms with Gasteiger partial charge in [-0.3, -0.25) is 0 Å². The topological polar surface area (TPSA) is 51.8 Å². The standard InChI is InChI=1S/C10H19N3S/c1-7(6-10(2,3)4)5-8-12-13-9(11)14-8/h7H,5-6H2,1-4H3,(H2,11,13)/t7-/m1/s1. The molecular weight excluding hydrogens is 194 g/mol. The number of hydrogen-bond acceptors (Lipinski definition) is 4. The Morgan fingerprint density at radius 1 is 1.36 bits per heavy atom. The minimum atomic E-state index is 0.385. The second-order valence-corrected chi connectivity index (χ2v) is 6.20. The van der Waals surface area contributed by atoms with Gasteiger partial charge in [-0.1, -0.05) is 39.0 Å². The molecule has 0 aliphatic rings. The first-order chi connectivity index (χ1) is 6.37. The molecule has 1 aromatic rings. The van der Waals surface area contributed by atoms with E-state index in [9.17, 15) is 0 Å². The van der Waals surface area contributed by atoms with Gasteiger partial charge in [0.05, 0.1) is 0 Å². The summed E-state index contributed by atoms with van der Waals surface area (Å²) in [5, 5.41) is 9.47. The molecule has 0 amide bonds. The molecule has 80 valence electrons. The van der Waals surface area contributed by atoms with E-state index in [-0.39, 0.29) is 0 Å². The number of rotatable bonds is 3. The van der Waals surface area contributed by atoms with Gasteiger partial charge in [-0.05, 0) is 17.8 Å². The van der Waals surface area contributed by atoms with E-state index in [1.54, 1.807) is 0 Å². The van der Waals surface area contributed by atoms with Crippen molar-refractivity contribution in [3.63, 3.8) is 0 Å². The molecule has 0 unspecified atom stereocenters. The van der Waals surface area contributed by atoms with Crippen molar-refractivity contribution in [2.75, 3.05) is 5.73 Å². The van der Waals surface area contributed by atoms with Crippen LogP contribution in [0, 0.1) is 11.3 Å². The molecule has 0 aliphatic carbocycles. The zero-order chi connectivity index (χ0) is 10.8. The fourth-order valence-corrected chi connectivity index (χ4v) is 2.54. The first-order valence-corrected chi connectivity index (χ1v) is 5.76. The van der Waals surface area contributed by atoms with Gasteiger partial charge in [0.15, 0.2) is 0 Å². The van der Waals surface area contributed by atoms with Crippen molar-refractivity contribution in [1.82, 2.24) is 10.2 Å². The molecule has 14 heavy (non-hydrogen) atoms. The predicted octanol–water partition coefficient (Wildman–Crippen LogP) is 2.74. The van der Waals surface area contributed by atoms with E-state index in [1.165, 1.54) is 17.8 Å². The van der Waals surface area contributed by atoms with E-state index in [2.05, 4.69) is 37.9 Å². The maximum atomic E-state index is 5.53. The zero-order valence-corrected chi connectivity index (χ0v) is 10.2. The first-order valence-electron chi connectivity index (χ1n) is 4.95. The van der Waals surface area contributed by atoms with Crippen LogP contribution in [-0.2, 0) is 6.42 Å². The van der Waals surface area contributed by atoms with Crippen molar-refractivity contribution in [2.45, 2.75) is 40.5 Å². The fraction of sp³-hybridized carbons (Fsp3) is 0.800. The minimum Gasteiger partial charge on any atom is -0.374 e.